The van der Waals surface area contributed by atoms with E-state index in [4.69, 9.17) is 0 Å². The Balaban J connectivity index is 2.46. The minimum atomic E-state index is -0.0411. The van der Waals surface area contributed by atoms with Gasteiger partial charge in [0.2, 0.25) is 5.78 Å². The molecule has 0 aromatic carbocycles. The van der Waals surface area contributed by atoms with E-state index in [1.54, 1.807) is 36.4 Å². The molecule has 0 aliphatic rings. The van der Waals surface area contributed by atoms with Gasteiger partial charge in [-0.1, -0.05) is 0 Å². The number of pyridine rings is 1. The Hall–Kier alpha value is -1.97. The SMILES string of the molecule is Cc1ccncc1C(=O)c1ccnn1C. The van der Waals surface area contributed by atoms with Crippen molar-refractivity contribution in [3.63, 3.8) is 0 Å². The fourth-order valence-electron chi connectivity index (χ4n) is 1.44. The molecule has 2 rings (SSSR count). The second-order valence-corrected chi connectivity index (χ2v) is 3.36. The van der Waals surface area contributed by atoms with Gasteiger partial charge in [0.15, 0.2) is 0 Å². The van der Waals surface area contributed by atoms with Crippen LogP contribution in [-0.4, -0.2) is 20.5 Å². The van der Waals surface area contributed by atoms with Gasteiger partial charge in [-0.15, -0.1) is 0 Å². The van der Waals surface area contributed by atoms with Crippen LogP contribution in [0.15, 0.2) is 30.7 Å². The van der Waals surface area contributed by atoms with E-state index in [1.165, 1.54) is 0 Å². The molecule has 0 amide bonds. The van der Waals surface area contributed by atoms with E-state index in [0.29, 0.717) is 11.3 Å². The number of carbonyl (C=O) groups is 1. The van der Waals surface area contributed by atoms with Gasteiger partial charge in [-0.3, -0.25) is 14.5 Å². The monoisotopic (exact) mass is 201 g/mol. The zero-order valence-corrected chi connectivity index (χ0v) is 8.64. The third-order valence-corrected chi connectivity index (χ3v) is 2.34. The van der Waals surface area contributed by atoms with Crippen molar-refractivity contribution < 1.29 is 4.79 Å². The topological polar surface area (TPSA) is 47.8 Å². The van der Waals surface area contributed by atoms with E-state index in [1.807, 2.05) is 13.0 Å². The lowest BCUT2D eigenvalue weighted by atomic mass is 10.1. The number of rotatable bonds is 2. The van der Waals surface area contributed by atoms with Crippen molar-refractivity contribution in [2.75, 3.05) is 0 Å². The highest BCUT2D eigenvalue weighted by molar-refractivity contribution is 6.08. The Bertz CT molecular complexity index is 502. The maximum absolute atomic E-state index is 12.0. The van der Waals surface area contributed by atoms with E-state index >= 15 is 0 Å². The summed E-state index contributed by atoms with van der Waals surface area (Å²) in [5.41, 5.74) is 2.13. The molecule has 0 saturated carbocycles. The molecule has 0 unspecified atom stereocenters. The first kappa shape index (κ1) is 9.58. The zero-order chi connectivity index (χ0) is 10.8. The molecule has 4 heteroatoms. The lowest BCUT2D eigenvalue weighted by molar-refractivity contribution is 0.102. The van der Waals surface area contributed by atoms with Gasteiger partial charge in [-0.2, -0.15) is 5.10 Å². The summed E-state index contributed by atoms with van der Waals surface area (Å²) in [6, 6.07) is 3.53. The summed E-state index contributed by atoms with van der Waals surface area (Å²) in [6.45, 7) is 1.89. The van der Waals surface area contributed by atoms with Crippen LogP contribution in [0.1, 0.15) is 21.6 Å². The quantitative estimate of drug-likeness (QED) is 0.689. The smallest absolute Gasteiger partial charge is 0.212 e. The van der Waals surface area contributed by atoms with E-state index in [2.05, 4.69) is 10.1 Å². The number of carbonyl (C=O) groups excluding carboxylic acids is 1. The van der Waals surface area contributed by atoms with Crippen LogP contribution in [0.3, 0.4) is 0 Å². The molecular formula is C11H11N3O. The van der Waals surface area contributed by atoms with Crippen molar-refractivity contribution in [2.45, 2.75) is 6.92 Å². The lowest BCUT2D eigenvalue weighted by Crippen LogP contribution is -2.09. The van der Waals surface area contributed by atoms with Crippen LogP contribution in [-0.2, 0) is 7.05 Å². The third-order valence-electron chi connectivity index (χ3n) is 2.34. The lowest BCUT2D eigenvalue weighted by Gasteiger charge is -2.03. The first-order chi connectivity index (χ1) is 7.20. The highest BCUT2D eigenvalue weighted by atomic mass is 16.1. The Morgan fingerprint density at radius 2 is 2.13 bits per heavy atom. The van der Waals surface area contributed by atoms with Gasteiger partial charge in [-0.25, -0.2) is 0 Å². The van der Waals surface area contributed by atoms with Crippen molar-refractivity contribution in [3.05, 3.63) is 47.5 Å². The summed E-state index contributed by atoms with van der Waals surface area (Å²) in [7, 11) is 1.75. The third kappa shape index (κ3) is 1.66. The van der Waals surface area contributed by atoms with Gasteiger partial charge >= 0.3 is 0 Å². The van der Waals surface area contributed by atoms with E-state index in [-0.39, 0.29) is 5.78 Å². The first-order valence-corrected chi connectivity index (χ1v) is 4.63. The predicted octanol–water partition coefficient (Wildman–Crippen LogP) is 1.35. The molecule has 0 atom stereocenters. The molecule has 15 heavy (non-hydrogen) atoms. The first-order valence-electron chi connectivity index (χ1n) is 4.63. The number of ketones is 1. The zero-order valence-electron chi connectivity index (χ0n) is 8.64. The maximum atomic E-state index is 12.0. The average molecular weight is 201 g/mol. The molecule has 2 aromatic rings. The number of nitrogens with zero attached hydrogens (tertiary/aromatic N) is 3. The summed E-state index contributed by atoms with van der Waals surface area (Å²) >= 11 is 0. The fourth-order valence-corrected chi connectivity index (χ4v) is 1.44. The van der Waals surface area contributed by atoms with Gasteiger partial charge in [0, 0.05) is 31.2 Å². The van der Waals surface area contributed by atoms with Gasteiger partial charge < -0.3 is 0 Å². The van der Waals surface area contributed by atoms with Crippen LogP contribution in [0.25, 0.3) is 0 Å². The molecule has 0 radical (unpaired) electrons. The molecule has 2 heterocycles. The van der Waals surface area contributed by atoms with Gasteiger partial charge in [-0.05, 0) is 24.6 Å². The van der Waals surface area contributed by atoms with Crippen molar-refractivity contribution in [1.29, 1.82) is 0 Å². The summed E-state index contributed by atoms with van der Waals surface area (Å²) in [5.74, 6) is -0.0411. The normalized spacial score (nSPS) is 10.3. The van der Waals surface area contributed by atoms with Gasteiger partial charge in [0.05, 0.1) is 0 Å². The van der Waals surface area contributed by atoms with Crippen LogP contribution in [0.2, 0.25) is 0 Å². The second-order valence-electron chi connectivity index (χ2n) is 3.36. The van der Waals surface area contributed by atoms with Crippen molar-refractivity contribution in [2.24, 2.45) is 7.05 Å². The molecule has 4 nitrogen and oxygen atoms in total. The molecule has 0 spiro atoms. The van der Waals surface area contributed by atoms with Crippen molar-refractivity contribution in [1.82, 2.24) is 14.8 Å². The van der Waals surface area contributed by atoms with E-state index in [9.17, 15) is 4.79 Å². The average Bonchev–Trinajstić information content (AvgIpc) is 2.64. The Labute approximate surface area is 87.6 Å². The molecule has 0 bridgehead atoms. The van der Waals surface area contributed by atoms with Crippen molar-refractivity contribution >= 4 is 5.78 Å². The molecule has 0 saturated heterocycles. The molecular weight excluding hydrogens is 190 g/mol. The molecule has 0 aliphatic carbocycles. The summed E-state index contributed by atoms with van der Waals surface area (Å²) < 4.78 is 1.56. The standard InChI is InChI=1S/C11H11N3O/c1-8-3-5-12-7-9(8)11(15)10-4-6-13-14(10)2/h3-7H,1-2H3. The van der Waals surface area contributed by atoms with E-state index in [0.717, 1.165) is 5.56 Å². The fraction of sp³-hybridized carbons (Fsp3) is 0.182. The second kappa shape index (κ2) is 3.65. The highest BCUT2D eigenvalue weighted by Gasteiger charge is 2.14. The predicted molar refractivity (Wildman–Crippen MR) is 55.6 cm³/mol. The number of aryl methyl sites for hydroxylation is 2. The largest absolute Gasteiger partial charge is 0.287 e. The van der Waals surface area contributed by atoms with Gasteiger partial charge in [0.25, 0.3) is 0 Å². The van der Waals surface area contributed by atoms with Crippen LogP contribution < -0.4 is 0 Å². The summed E-state index contributed by atoms with van der Waals surface area (Å²) in [6.07, 6.45) is 4.87. The Kier molecular flexibility index (Phi) is 2.33. The maximum Gasteiger partial charge on any atom is 0.212 e. The Morgan fingerprint density at radius 3 is 2.73 bits per heavy atom. The minimum absolute atomic E-state index is 0.0411. The van der Waals surface area contributed by atoms with Crippen LogP contribution >= 0.6 is 0 Å². The molecule has 76 valence electrons. The molecule has 0 fully saturated rings. The minimum Gasteiger partial charge on any atom is -0.287 e. The molecule has 0 N–H and O–H groups in total. The van der Waals surface area contributed by atoms with Crippen LogP contribution in [0.5, 0.6) is 0 Å². The summed E-state index contributed by atoms with van der Waals surface area (Å²) in [4.78, 5) is 16.0. The van der Waals surface area contributed by atoms with Crippen LogP contribution in [0.4, 0.5) is 0 Å². The van der Waals surface area contributed by atoms with Gasteiger partial charge in [0.1, 0.15) is 5.69 Å². The number of hydrogen-bond donors (Lipinski definition) is 0. The molecule has 2 aromatic heterocycles. The Morgan fingerprint density at radius 1 is 1.33 bits per heavy atom. The van der Waals surface area contributed by atoms with Crippen LogP contribution in [0, 0.1) is 6.92 Å². The highest BCUT2D eigenvalue weighted by Crippen LogP contribution is 2.11. The number of aromatic nitrogens is 3. The molecule has 0 aliphatic heterocycles. The number of hydrogen-bond acceptors (Lipinski definition) is 3. The van der Waals surface area contributed by atoms with Crippen molar-refractivity contribution in [3.8, 4) is 0 Å². The summed E-state index contributed by atoms with van der Waals surface area (Å²) in [5, 5.41) is 3.97. The van der Waals surface area contributed by atoms with E-state index < -0.39 is 0 Å².